The van der Waals surface area contributed by atoms with E-state index in [-0.39, 0.29) is 19.1 Å². The molecule has 1 unspecified atom stereocenters. The summed E-state index contributed by atoms with van der Waals surface area (Å²) in [4.78, 5) is 26.5. The van der Waals surface area contributed by atoms with Crippen molar-refractivity contribution >= 4 is 40.9 Å². The minimum atomic E-state index is -0.996. The number of amides is 2. The van der Waals surface area contributed by atoms with Gasteiger partial charge < -0.3 is 34.3 Å². The molecule has 0 radical (unpaired) electrons. The quantitative estimate of drug-likeness (QED) is 0.0946. The minimum Gasteiger partial charge on any atom is -0.492 e. The van der Waals surface area contributed by atoms with Gasteiger partial charge in [-0.1, -0.05) is 53.5 Å². The molecule has 0 saturated heterocycles. The highest BCUT2D eigenvalue weighted by Gasteiger charge is 2.18. The SMILES string of the molecule is CCOC(Cc1ccc(OCCN(CCCCOCc2cc(Cl)cc(Cl)c2)C(=O)Nc2ccc(Oc3ccccc3)cc2)cc1)C(=O)O. The molecule has 0 aliphatic carbocycles. The normalized spacial score (nSPS) is 11.5. The van der Waals surface area contributed by atoms with E-state index in [2.05, 4.69) is 5.32 Å². The fourth-order valence-corrected chi connectivity index (χ4v) is 5.34. The lowest BCUT2D eigenvalue weighted by Crippen LogP contribution is -2.38. The summed E-state index contributed by atoms with van der Waals surface area (Å²) in [6.07, 6.45) is 0.813. The molecule has 1 atom stereocenters. The van der Waals surface area contributed by atoms with Crippen LogP contribution in [0.15, 0.2) is 97.1 Å². The maximum absolute atomic E-state index is 13.4. The molecule has 0 aliphatic rings. The Balaban J connectivity index is 1.29. The van der Waals surface area contributed by atoms with E-state index in [4.69, 9.17) is 42.1 Å². The molecule has 0 fully saturated rings. The van der Waals surface area contributed by atoms with Gasteiger partial charge >= 0.3 is 12.0 Å². The van der Waals surface area contributed by atoms with Crippen molar-refractivity contribution in [3.05, 3.63) is 118 Å². The van der Waals surface area contributed by atoms with Gasteiger partial charge in [0.05, 0.1) is 13.2 Å². The number of anilines is 1. The van der Waals surface area contributed by atoms with E-state index in [1.54, 1.807) is 54.3 Å². The average molecular weight is 696 g/mol. The number of nitrogens with one attached hydrogen (secondary N) is 1. The first-order valence-electron chi connectivity index (χ1n) is 15.8. The van der Waals surface area contributed by atoms with E-state index in [0.29, 0.717) is 66.6 Å². The van der Waals surface area contributed by atoms with Crippen molar-refractivity contribution in [2.24, 2.45) is 0 Å². The van der Waals surface area contributed by atoms with Crippen LogP contribution in [0.25, 0.3) is 0 Å². The molecular formula is C37H40Cl2N2O7. The highest BCUT2D eigenvalue weighted by atomic mass is 35.5. The molecule has 0 spiro atoms. The van der Waals surface area contributed by atoms with Crippen LogP contribution in [-0.4, -0.2) is 61.0 Å². The first kappa shape index (κ1) is 36.6. The van der Waals surface area contributed by atoms with Crippen LogP contribution in [0.5, 0.6) is 17.2 Å². The summed E-state index contributed by atoms with van der Waals surface area (Å²) in [6, 6.07) is 28.9. The van der Waals surface area contributed by atoms with Crippen LogP contribution in [0, 0.1) is 0 Å². The van der Waals surface area contributed by atoms with E-state index >= 15 is 0 Å². The Morgan fingerprint density at radius 1 is 0.792 bits per heavy atom. The van der Waals surface area contributed by atoms with Gasteiger partial charge in [0.15, 0.2) is 6.10 Å². The van der Waals surface area contributed by atoms with Gasteiger partial charge in [-0.05, 0) is 97.6 Å². The van der Waals surface area contributed by atoms with E-state index in [0.717, 1.165) is 23.3 Å². The van der Waals surface area contributed by atoms with Gasteiger partial charge in [-0.2, -0.15) is 0 Å². The number of hydrogen-bond donors (Lipinski definition) is 2. The van der Waals surface area contributed by atoms with E-state index in [1.165, 1.54) is 0 Å². The van der Waals surface area contributed by atoms with Crippen LogP contribution in [-0.2, 0) is 27.3 Å². The number of rotatable bonds is 19. The van der Waals surface area contributed by atoms with E-state index < -0.39 is 12.1 Å². The number of carboxylic acids is 1. The number of carbonyl (C=O) groups excluding carboxylic acids is 1. The smallest absolute Gasteiger partial charge is 0.333 e. The molecule has 4 aromatic carbocycles. The summed E-state index contributed by atoms with van der Waals surface area (Å²) in [5.41, 5.74) is 2.36. The fourth-order valence-electron chi connectivity index (χ4n) is 4.77. The topological polar surface area (TPSA) is 107 Å². The van der Waals surface area contributed by atoms with Crippen LogP contribution in [0.2, 0.25) is 10.0 Å². The lowest BCUT2D eigenvalue weighted by Gasteiger charge is -2.23. The second kappa shape index (κ2) is 19.5. The Kier molecular flexibility index (Phi) is 14.9. The van der Waals surface area contributed by atoms with Crippen molar-refractivity contribution in [3.8, 4) is 17.2 Å². The van der Waals surface area contributed by atoms with Crippen LogP contribution >= 0.6 is 23.2 Å². The van der Waals surface area contributed by atoms with Gasteiger partial charge in [0, 0.05) is 41.9 Å². The zero-order valence-electron chi connectivity index (χ0n) is 26.8. The standard InChI is InChI=1S/C37H40Cl2N2O7/c1-2-46-35(36(42)43)24-27-10-14-32(15-11-27)47-21-19-41(18-6-7-20-45-26-28-22-29(38)25-30(39)23-28)37(44)40-31-12-16-34(17-13-31)48-33-8-4-3-5-9-33/h3-5,8-17,22-23,25,35H,2,6-7,18-21,24,26H2,1H3,(H,40,44)(H,42,43). The summed E-state index contributed by atoms with van der Waals surface area (Å²) in [6.45, 7) is 4.09. The number of benzene rings is 4. The fraction of sp³-hybridized carbons (Fsp3) is 0.297. The van der Waals surface area contributed by atoms with Gasteiger partial charge in [0.2, 0.25) is 0 Å². The second-order valence-electron chi connectivity index (χ2n) is 10.9. The molecule has 0 heterocycles. The molecule has 0 bridgehead atoms. The van der Waals surface area contributed by atoms with Crippen LogP contribution in [0.4, 0.5) is 10.5 Å². The number of carbonyl (C=O) groups is 2. The molecular weight excluding hydrogens is 655 g/mol. The monoisotopic (exact) mass is 694 g/mol. The number of unbranched alkanes of at least 4 members (excludes halogenated alkanes) is 1. The maximum atomic E-state index is 13.4. The van der Waals surface area contributed by atoms with Gasteiger partial charge in [-0.25, -0.2) is 9.59 Å². The van der Waals surface area contributed by atoms with Crippen LogP contribution in [0.1, 0.15) is 30.9 Å². The minimum absolute atomic E-state index is 0.254. The number of ether oxygens (including phenoxy) is 4. The molecule has 11 heteroatoms. The summed E-state index contributed by atoms with van der Waals surface area (Å²) in [5.74, 6) is 1.01. The number of urea groups is 1. The Bertz CT molecular complexity index is 1550. The highest BCUT2D eigenvalue weighted by molar-refractivity contribution is 6.34. The van der Waals surface area contributed by atoms with Gasteiger partial charge in [-0.15, -0.1) is 0 Å². The third-order valence-corrected chi connectivity index (χ3v) is 7.58. The zero-order chi connectivity index (χ0) is 34.1. The maximum Gasteiger partial charge on any atom is 0.333 e. The Labute approximate surface area is 291 Å². The number of hydrogen-bond acceptors (Lipinski definition) is 6. The van der Waals surface area contributed by atoms with Crippen molar-refractivity contribution in [1.82, 2.24) is 4.90 Å². The summed E-state index contributed by atoms with van der Waals surface area (Å²) in [5, 5.41) is 13.5. The molecule has 254 valence electrons. The second-order valence-corrected chi connectivity index (χ2v) is 11.7. The van der Waals surface area contributed by atoms with E-state index in [1.807, 2.05) is 54.6 Å². The predicted molar refractivity (Wildman–Crippen MR) is 188 cm³/mol. The van der Waals surface area contributed by atoms with Crippen molar-refractivity contribution in [3.63, 3.8) is 0 Å². The summed E-state index contributed by atoms with van der Waals surface area (Å²) >= 11 is 12.2. The van der Waals surface area contributed by atoms with Crippen LogP contribution in [0.3, 0.4) is 0 Å². The molecule has 9 nitrogen and oxygen atoms in total. The Hall–Kier alpha value is -4.28. The number of halogens is 2. The lowest BCUT2D eigenvalue weighted by molar-refractivity contribution is -0.149. The third kappa shape index (κ3) is 12.7. The van der Waals surface area contributed by atoms with Crippen molar-refractivity contribution in [2.45, 2.75) is 38.9 Å². The zero-order valence-corrected chi connectivity index (χ0v) is 28.3. The van der Waals surface area contributed by atoms with Crippen molar-refractivity contribution in [2.75, 3.05) is 38.2 Å². The molecule has 0 aromatic heterocycles. The van der Waals surface area contributed by atoms with Gasteiger partial charge in [-0.3, -0.25) is 0 Å². The molecule has 2 N–H and O–H groups in total. The summed E-state index contributed by atoms with van der Waals surface area (Å²) in [7, 11) is 0. The highest BCUT2D eigenvalue weighted by Crippen LogP contribution is 2.23. The number of aliphatic carboxylic acids is 1. The number of nitrogens with zero attached hydrogens (tertiary/aromatic N) is 1. The number of para-hydroxylation sites is 1. The molecule has 4 rings (SSSR count). The molecule has 4 aromatic rings. The number of carboxylic acid groups (broad SMARTS) is 1. The largest absolute Gasteiger partial charge is 0.492 e. The Morgan fingerprint density at radius 3 is 2.12 bits per heavy atom. The van der Waals surface area contributed by atoms with Gasteiger partial charge in [0.25, 0.3) is 0 Å². The first-order chi connectivity index (χ1) is 23.3. The molecule has 2 amide bonds. The lowest BCUT2D eigenvalue weighted by atomic mass is 10.1. The van der Waals surface area contributed by atoms with Gasteiger partial charge in [0.1, 0.15) is 23.9 Å². The molecule has 0 aliphatic heterocycles. The van der Waals surface area contributed by atoms with Crippen molar-refractivity contribution in [1.29, 1.82) is 0 Å². The molecule has 48 heavy (non-hydrogen) atoms. The third-order valence-electron chi connectivity index (χ3n) is 7.15. The van der Waals surface area contributed by atoms with Crippen LogP contribution < -0.4 is 14.8 Å². The summed E-state index contributed by atoms with van der Waals surface area (Å²) < 4.78 is 22.9. The predicted octanol–water partition coefficient (Wildman–Crippen LogP) is 8.73. The van der Waals surface area contributed by atoms with E-state index in [9.17, 15) is 14.7 Å². The first-order valence-corrected chi connectivity index (χ1v) is 16.5. The Morgan fingerprint density at radius 2 is 1.46 bits per heavy atom. The molecule has 0 saturated carbocycles. The average Bonchev–Trinajstić information content (AvgIpc) is 3.07. The van der Waals surface area contributed by atoms with Crippen molar-refractivity contribution < 1.29 is 33.6 Å².